The van der Waals surface area contributed by atoms with Gasteiger partial charge in [-0.25, -0.2) is 17.1 Å². The van der Waals surface area contributed by atoms with Crippen molar-refractivity contribution in [1.29, 1.82) is 0 Å². The van der Waals surface area contributed by atoms with E-state index in [1.54, 1.807) is 6.07 Å². The normalized spacial score (nSPS) is 21.6. The summed E-state index contributed by atoms with van der Waals surface area (Å²) < 4.78 is 38.9. The molecule has 0 unspecified atom stereocenters. The molecule has 1 heterocycles. The van der Waals surface area contributed by atoms with E-state index in [-0.39, 0.29) is 23.1 Å². The molecule has 1 amide bonds. The first kappa shape index (κ1) is 19.3. The van der Waals surface area contributed by atoms with Crippen LogP contribution >= 0.6 is 0 Å². The molecule has 0 atom stereocenters. The predicted octanol–water partition coefficient (Wildman–Crippen LogP) is 2.43. The Labute approximate surface area is 155 Å². The molecular formula is C19H27FN2O3S. The van der Waals surface area contributed by atoms with Gasteiger partial charge in [0.1, 0.15) is 5.82 Å². The number of hydrogen-bond acceptors (Lipinski definition) is 3. The van der Waals surface area contributed by atoms with Crippen LogP contribution in [0.15, 0.2) is 24.3 Å². The van der Waals surface area contributed by atoms with Crippen molar-refractivity contribution >= 4 is 15.9 Å². The Balaban J connectivity index is 1.62. The monoisotopic (exact) mass is 382 g/mol. The van der Waals surface area contributed by atoms with Crippen LogP contribution in [0.3, 0.4) is 0 Å². The lowest BCUT2D eigenvalue weighted by Crippen LogP contribution is -2.45. The summed E-state index contributed by atoms with van der Waals surface area (Å²) in [5, 5.41) is 3.04. The van der Waals surface area contributed by atoms with E-state index in [2.05, 4.69) is 5.32 Å². The summed E-state index contributed by atoms with van der Waals surface area (Å²) in [6.07, 6.45) is 6.10. The van der Waals surface area contributed by atoms with E-state index >= 15 is 0 Å². The number of amides is 1. The Hall–Kier alpha value is -1.47. The molecule has 144 valence electrons. The van der Waals surface area contributed by atoms with Crippen molar-refractivity contribution in [3.05, 3.63) is 35.6 Å². The molecule has 26 heavy (non-hydrogen) atoms. The molecule has 1 aromatic rings. The van der Waals surface area contributed by atoms with Crippen molar-refractivity contribution in [2.24, 2.45) is 5.92 Å². The average molecular weight is 383 g/mol. The Morgan fingerprint density at radius 1 is 1.23 bits per heavy atom. The standard InChI is InChI=1S/C19H27FN2O3S/c1-26(24,25)22-12-8-15(9-13-22)18(23)21-14-19(10-4-5-11-19)16-6-2-3-7-17(16)20/h2-3,6-7,15H,4-5,8-14H2,1H3,(H,21,23). The summed E-state index contributed by atoms with van der Waals surface area (Å²) in [7, 11) is -3.19. The molecule has 2 fully saturated rings. The second-order valence-electron chi connectivity index (χ2n) is 7.62. The van der Waals surface area contributed by atoms with Crippen LogP contribution in [0.1, 0.15) is 44.1 Å². The minimum absolute atomic E-state index is 0.0410. The van der Waals surface area contributed by atoms with Gasteiger partial charge in [0.2, 0.25) is 15.9 Å². The first-order valence-corrected chi connectivity index (χ1v) is 11.1. The zero-order valence-corrected chi connectivity index (χ0v) is 16.0. The van der Waals surface area contributed by atoms with Gasteiger partial charge in [-0.15, -0.1) is 0 Å². The Morgan fingerprint density at radius 3 is 2.42 bits per heavy atom. The highest BCUT2D eigenvalue weighted by molar-refractivity contribution is 7.88. The lowest BCUT2D eigenvalue weighted by molar-refractivity contribution is -0.126. The maximum absolute atomic E-state index is 14.3. The highest BCUT2D eigenvalue weighted by atomic mass is 32.2. The van der Waals surface area contributed by atoms with E-state index in [1.165, 1.54) is 16.6 Å². The lowest BCUT2D eigenvalue weighted by atomic mass is 9.78. The first-order valence-electron chi connectivity index (χ1n) is 9.30. The van der Waals surface area contributed by atoms with Crippen molar-refractivity contribution in [3.8, 4) is 0 Å². The molecular weight excluding hydrogens is 355 g/mol. The van der Waals surface area contributed by atoms with Gasteiger partial charge in [-0.1, -0.05) is 31.0 Å². The van der Waals surface area contributed by atoms with E-state index < -0.39 is 10.0 Å². The molecule has 7 heteroatoms. The van der Waals surface area contributed by atoms with Gasteiger partial charge < -0.3 is 5.32 Å². The lowest BCUT2D eigenvalue weighted by Gasteiger charge is -2.33. The average Bonchev–Trinajstić information content (AvgIpc) is 3.09. The van der Waals surface area contributed by atoms with Crippen molar-refractivity contribution in [2.75, 3.05) is 25.9 Å². The second-order valence-corrected chi connectivity index (χ2v) is 9.60. The molecule has 1 aliphatic heterocycles. The number of nitrogens with zero attached hydrogens (tertiary/aromatic N) is 1. The zero-order valence-electron chi connectivity index (χ0n) is 15.2. The fraction of sp³-hybridized carbons (Fsp3) is 0.632. The number of halogens is 1. The van der Waals surface area contributed by atoms with Gasteiger partial charge >= 0.3 is 0 Å². The van der Waals surface area contributed by atoms with Gasteiger partial charge in [0, 0.05) is 31.0 Å². The molecule has 3 rings (SSSR count). The van der Waals surface area contributed by atoms with E-state index in [9.17, 15) is 17.6 Å². The third-order valence-corrected chi connectivity index (χ3v) is 7.20. The highest BCUT2D eigenvalue weighted by Gasteiger charge is 2.38. The fourth-order valence-corrected chi connectivity index (χ4v) is 5.21. The summed E-state index contributed by atoms with van der Waals surface area (Å²) in [5.74, 6) is -0.419. The molecule has 2 aliphatic rings. The molecule has 0 aromatic heterocycles. The molecule has 0 spiro atoms. The Kier molecular flexibility index (Phi) is 5.67. The quantitative estimate of drug-likeness (QED) is 0.851. The van der Waals surface area contributed by atoms with Crippen LogP contribution in [0.5, 0.6) is 0 Å². The SMILES string of the molecule is CS(=O)(=O)N1CCC(C(=O)NCC2(c3ccccc3F)CCCC2)CC1. The number of benzene rings is 1. The maximum atomic E-state index is 14.3. The summed E-state index contributed by atoms with van der Waals surface area (Å²) in [4.78, 5) is 12.6. The number of piperidine rings is 1. The van der Waals surface area contributed by atoms with Gasteiger partial charge in [-0.05, 0) is 37.3 Å². The van der Waals surface area contributed by atoms with Crippen LogP contribution in [0, 0.1) is 11.7 Å². The van der Waals surface area contributed by atoms with E-state index in [0.29, 0.717) is 38.0 Å². The van der Waals surface area contributed by atoms with Crippen molar-refractivity contribution in [3.63, 3.8) is 0 Å². The summed E-state index contributed by atoms with van der Waals surface area (Å²) in [6, 6.07) is 6.85. The number of rotatable bonds is 5. The molecule has 1 saturated heterocycles. The van der Waals surface area contributed by atoms with E-state index in [0.717, 1.165) is 25.7 Å². The van der Waals surface area contributed by atoms with Crippen molar-refractivity contribution < 1.29 is 17.6 Å². The second kappa shape index (κ2) is 7.64. The molecule has 1 saturated carbocycles. The Morgan fingerprint density at radius 2 is 1.85 bits per heavy atom. The number of carbonyl (C=O) groups is 1. The van der Waals surface area contributed by atoms with Gasteiger partial charge in [-0.3, -0.25) is 4.79 Å². The van der Waals surface area contributed by atoms with Gasteiger partial charge in [-0.2, -0.15) is 0 Å². The summed E-state index contributed by atoms with van der Waals surface area (Å²) >= 11 is 0. The summed E-state index contributed by atoms with van der Waals surface area (Å²) in [5.41, 5.74) is 0.374. The van der Waals surface area contributed by atoms with Crippen LogP contribution in [-0.2, 0) is 20.2 Å². The van der Waals surface area contributed by atoms with Crippen LogP contribution in [0.25, 0.3) is 0 Å². The maximum Gasteiger partial charge on any atom is 0.223 e. The first-order chi connectivity index (χ1) is 12.3. The number of carbonyl (C=O) groups excluding carboxylic acids is 1. The van der Waals surface area contributed by atoms with Gasteiger partial charge in [0.25, 0.3) is 0 Å². The van der Waals surface area contributed by atoms with Gasteiger partial charge in [0.15, 0.2) is 0 Å². The van der Waals surface area contributed by atoms with Crippen LogP contribution in [0.4, 0.5) is 4.39 Å². The molecule has 1 N–H and O–H groups in total. The number of nitrogens with one attached hydrogen (secondary N) is 1. The van der Waals surface area contributed by atoms with E-state index in [4.69, 9.17) is 0 Å². The molecule has 0 radical (unpaired) electrons. The van der Waals surface area contributed by atoms with Crippen LogP contribution in [-0.4, -0.2) is 44.5 Å². The predicted molar refractivity (Wildman–Crippen MR) is 98.7 cm³/mol. The molecule has 0 bridgehead atoms. The molecule has 5 nitrogen and oxygen atoms in total. The van der Waals surface area contributed by atoms with Gasteiger partial charge in [0.05, 0.1) is 6.26 Å². The Bertz CT molecular complexity index is 752. The zero-order chi connectivity index (χ0) is 18.8. The summed E-state index contributed by atoms with van der Waals surface area (Å²) in [6.45, 7) is 1.21. The van der Waals surface area contributed by atoms with E-state index in [1.807, 2.05) is 12.1 Å². The fourth-order valence-electron chi connectivity index (χ4n) is 4.33. The smallest absolute Gasteiger partial charge is 0.223 e. The largest absolute Gasteiger partial charge is 0.355 e. The third-order valence-electron chi connectivity index (χ3n) is 5.90. The minimum Gasteiger partial charge on any atom is -0.355 e. The highest BCUT2D eigenvalue weighted by Crippen LogP contribution is 2.41. The molecule has 1 aromatic carbocycles. The van der Waals surface area contributed by atoms with Crippen molar-refractivity contribution in [1.82, 2.24) is 9.62 Å². The minimum atomic E-state index is -3.19. The van der Waals surface area contributed by atoms with Crippen LogP contribution < -0.4 is 5.32 Å². The molecule has 1 aliphatic carbocycles. The van der Waals surface area contributed by atoms with Crippen molar-refractivity contribution in [2.45, 2.75) is 43.9 Å². The number of sulfonamides is 1. The third kappa shape index (κ3) is 4.09. The van der Waals surface area contributed by atoms with Crippen LogP contribution in [0.2, 0.25) is 0 Å². The topological polar surface area (TPSA) is 66.5 Å². The number of hydrogen-bond donors (Lipinski definition) is 1.